The number of Topliss-reactive ketones (excluding diaryl/α,β-unsaturated/α-hetero) is 1. The molecule has 1 aliphatic heterocycles. The van der Waals surface area contributed by atoms with Crippen LogP contribution in [0.2, 0.25) is 0 Å². The third-order valence-electron chi connectivity index (χ3n) is 8.12. The van der Waals surface area contributed by atoms with Crippen molar-refractivity contribution in [3.63, 3.8) is 0 Å². The Morgan fingerprint density at radius 2 is 1.82 bits per heavy atom. The van der Waals surface area contributed by atoms with Crippen molar-refractivity contribution < 1.29 is 27.5 Å². The number of carbonyl (C=O) groups is 2. The number of hydrogen-bond donors (Lipinski definition) is 1. The van der Waals surface area contributed by atoms with Gasteiger partial charge in [0.05, 0.1) is 5.56 Å². The second-order valence-electron chi connectivity index (χ2n) is 10.9. The number of halogens is 3. The number of rotatable bonds is 11. The molecule has 2 aromatic rings. The van der Waals surface area contributed by atoms with Gasteiger partial charge in [0.15, 0.2) is 5.78 Å². The summed E-state index contributed by atoms with van der Waals surface area (Å²) < 4.78 is 44.7. The molecule has 1 heterocycles. The summed E-state index contributed by atoms with van der Waals surface area (Å²) in [7, 11) is 0. The van der Waals surface area contributed by atoms with Crippen molar-refractivity contribution in [3.05, 3.63) is 76.9 Å². The van der Waals surface area contributed by atoms with Gasteiger partial charge < -0.3 is 10.1 Å². The number of ether oxygens (including phenoxy) is 1. The van der Waals surface area contributed by atoms with E-state index in [2.05, 4.69) is 29.6 Å². The lowest BCUT2D eigenvalue weighted by molar-refractivity contribution is -0.148. The first-order valence-corrected chi connectivity index (χ1v) is 14.1. The molecule has 4 nitrogen and oxygen atoms in total. The topological polar surface area (TPSA) is 55.4 Å². The lowest BCUT2D eigenvalue weighted by Crippen LogP contribution is -2.35. The number of nitrogens with one attached hydrogen (secondary N) is 1. The zero-order chi connectivity index (χ0) is 27.9. The van der Waals surface area contributed by atoms with Crippen LogP contribution in [0, 0.1) is 5.92 Å². The Balaban J connectivity index is 1.27. The van der Waals surface area contributed by atoms with Crippen molar-refractivity contribution in [2.24, 2.45) is 5.92 Å². The molecule has 0 saturated heterocycles. The number of anilines is 1. The van der Waals surface area contributed by atoms with Gasteiger partial charge in [0.1, 0.15) is 5.60 Å². The lowest BCUT2D eigenvalue weighted by Gasteiger charge is -2.29. The van der Waals surface area contributed by atoms with E-state index in [-0.39, 0.29) is 18.2 Å². The van der Waals surface area contributed by atoms with Gasteiger partial charge in [-0.05, 0) is 88.0 Å². The quantitative estimate of drug-likeness (QED) is 0.231. The summed E-state index contributed by atoms with van der Waals surface area (Å²) in [5, 5.41) is 3.01. The predicted octanol–water partition coefficient (Wildman–Crippen LogP) is 8.07. The smallest absolute Gasteiger partial charge is 0.416 e. The Kier molecular flexibility index (Phi) is 9.52. The van der Waals surface area contributed by atoms with Crippen LogP contribution in [-0.4, -0.2) is 23.9 Å². The van der Waals surface area contributed by atoms with Gasteiger partial charge in [-0.15, -0.1) is 0 Å². The molecule has 2 atom stereocenters. The molecular formula is C32H38F3NO3. The zero-order valence-electron chi connectivity index (χ0n) is 22.6. The van der Waals surface area contributed by atoms with Gasteiger partial charge in [-0.2, -0.15) is 13.2 Å². The molecule has 1 N–H and O–H groups in total. The average Bonchev–Trinajstić information content (AvgIpc) is 3.02. The summed E-state index contributed by atoms with van der Waals surface area (Å²) in [6.07, 6.45) is 4.73. The summed E-state index contributed by atoms with van der Waals surface area (Å²) in [5.74, 6) is 0.137. The molecule has 4 rings (SSSR count). The first kappa shape index (κ1) is 28.9. The molecule has 0 bridgehead atoms. The molecule has 2 aliphatic rings. The third-order valence-corrected chi connectivity index (χ3v) is 8.12. The molecule has 1 spiro atoms. The van der Waals surface area contributed by atoms with E-state index in [4.69, 9.17) is 4.74 Å². The highest BCUT2D eigenvalue weighted by atomic mass is 19.4. The monoisotopic (exact) mass is 541 g/mol. The third kappa shape index (κ3) is 7.52. The summed E-state index contributed by atoms with van der Waals surface area (Å²) in [5.41, 5.74) is 1.25. The predicted molar refractivity (Wildman–Crippen MR) is 146 cm³/mol. The Morgan fingerprint density at radius 3 is 2.59 bits per heavy atom. The Morgan fingerprint density at radius 1 is 1.03 bits per heavy atom. The van der Waals surface area contributed by atoms with Crippen LogP contribution in [0.25, 0.3) is 0 Å². The lowest BCUT2D eigenvalue weighted by atomic mass is 9.81. The van der Waals surface area contributed by atoms with E-state index in [1.54, 1.807) is 13.0 Å². The Labute approximate surface area is 229 Å². The van der Waals surface area contributed by atoms with Crippen molar-refractivity contribution in [2.45, 2.75) is 89.3 Å². The summed E-state index contributed by atoms with van der Waals surface area (Å²) in [6.45, 7) is 2.15. The summed E-state index contributed by atoms with van der Waals surface area (Å²) >= 11 is 0. The molecule has 1 fully saturated rings. The van der Waals surface area contributed by atoms with Gasteiger partial charge in [-0.3, -0.25) is 4.79 Å². The molecule has 2 unspecified atom stereocenters. The first-order valence-electron chi connectivity index (χ1n) is 14.1. The van der Waals surface area contributed by atoms with Gasteiger partial charge in [0.2, 0.25) is 0 Å². The standard InChI is InChI=1S/C32H38F3NO3/c1-23-29(28(37)17-5-6-21-36-27-16-8-15-26(22-27)32(33,34)35)31(39-30(23)38)19-9-14-25(18-20-31)13-7-12-24-10-3-2-4-11-24/h2-4,8,10-11,15-16,22,25,36H,5-7,9,12-14,17-21H2,1H3. The SMILES string of the molecule is CC1=C(C(=O)CCCCNc2cccc(C(F)(F)F)c2)C2(CCCC(CCCc3ccccc3)CC2)OC1=O. The van der Waals surface area contributed by atoms with Crippen LogP contribution in [0.4, 0.5) is 18.9 Å². The molecule has 210 valence electrons. The molecular weight excluding hydrogens is 503 g/mol. The zero-order valence-corrected chi connectivity index (χ0v) is 22.6. The Hall–Kier alpha value is -3.09. The van der Waals surface area contributed by atoms with Gasteiger partial charge in [-0.25, -0.2) is 4.79 Å². The highest BCUT2D eigenvalue weighted by Gasteiger charge is 2.49. The maximum Gasteiger partial charge on any atom is 0.416 e. The molecule has 0 radical (unpaired) electrons. The van der Waals surface area contributed by atoms with Gasteiger partial charge in [0, 0.05) is 29.8 Å². The van der Waals surface area contributed by atoms with E-state index in [0.29, 0.717) is 55.0 Å². The second kappa shape index (κ2) is 12.8. The Bertz CT molecular complexity index is 1170. The molecule has 1 saturated carbocycles. The molecule has 1 aliphatic carbocycles. The summed E-state index contributed by atoms with van der Waals surface area (Å²) in [4.78, 5) is 25.9. The van der Waals surface area contributed by atoms with Crippen molar-refractivity contribution in [1.29, 1.82) is 0 Å². The number of ketones is 1. The molecule has 2 aromatic carbocycles. The van der Waals surface area contributed by atoms with Crippen LogP contribution in [0.15, 0.2) is 65.7 Å². The number of unbranched alkanes of at least 4 members (excludes halogenated alkanes) is 1. The maximum atomic E-state index is 13.4. The normalized spacial score (nSPS) is 21.6. The first-order chi connectivity index (χ1) is 18.7. The van der Waals surface area contributed by atoms with E-state index in [0.717, 1.165) is 50.7 Å². The number of alkyl halides is 3. The van der Waals surface area contributed by atoms with Crippen LogP contribution in [0.5, 0.6) is 0 Å². The van der Waals surface area contributed by atoms with E-state index in [9.17, 15) is 22.8 Å². The number of hydrogen-bond acceptors (Lipinski definition) is 4. The van der Waals surface area contributed by atoms with E-state index >= 15 is 0 Å². The van der Waals surface area contributed by atoms with Crippen molar-refractivity contribution in [3.8, 4) is 0 Å². The second-order valence-corrected chi connectivity index (χ2v) is 10.9. The van der Waals surface area contributed by atoms with Gasteiger partial charge in [0.25, 0.3) is 0 Å². The highest BCUT2D eigenvalue weighted by Crippen LogP contribution is 2.45. The van der Waals surface area contributed by atoms with Crippen LogP contribution in [0.1, 0.15) is 82.3 Å². The molecule has 7 heteroatoms. The maximum absolute atomic E-state index is 13.4. The molecule has 0 aromatic heterocycles. The fraction of sp³-hybridized carbons (Fsp3) is 0.500. The average molecular weight is 542 g/mol. The van der Waals surface area contributed by atoms with Crippen molar-refractivity contribution >= 4 is 17.4 Å². The minimum atomic E-state index is -4.38. The number of aryl methyl sites for hydroxylation is 1. The fourth-order valence-corrected chi connectivity index (χ4v) is 6.05. The van der Waals surface area contributed by atoms with E-state index in [1.807, 2.05) is 6.07 Å². The number of carbonyl (C=O) groups excluding carboxylic acids is 2. The highest BCUT2D eigenvalue weighted by molar-refractivity contribution is 6.08. The van der Waals surface area contributed by atoms with E-state index in [1.165, 1.54) is 11.6 Å². The largest absolute Gasteiger partial charge is 0.451 e. The van der Waals surface area contributed by atoms with Crippen LogP contribution in [-0.2, 0) is 26.9 Å². The van der Waals surface area contributed by atoms with Gasteiger partial charge >= 0.3 is 12.1 Å². The molecule has 0 amide bonds. The van der Waals surface area contributed by atoms with Crippen molar-refractivity contribution in [1.82, 2.24) is 0 Å². The van der Waals surface area contributed by atoms with Crippen LogP contribution in [0.3, 0.4) is 0 Å². The molecule has 39 heavy (non-hydrogen) atoms. The summed E-state index contributed by atoms with van der Waals surface area (Å²) in [6, 6.07) is 15.6. The minimum Gasteiger partial charge on any atom is -0.451 e. The minimum absolute atomic E-state index is 0.0417. The van der Waals surface area contributed by atoms with Crippen molar-refractivity contribution in [2.75, 3.05) is 11.9 Å². The number of esters is 1. The fourth-order valence-electron chi connectivity index (χ4n) is 6.05. The van der Waals surface area contributed by atoms with E-state index < -0.39 is 17.3 Å². The van der Waals surface area contributed by atoms with Gasteiger partial charge in [-0.1, -0.05) is 49.2 Å². The number of benzene rings is 2. The van der Waals surface area contributed by atoms with Crippen LogP contribution >= 0.6 is 0 Å². The van der Waals surface area contributed by atoms with Crippen LogP contribution < -0.4 is 5.32 Å².